The minimum Gasteiger partial charge on any atom is -0.350 e. The van der Waals surface area contributed by atoms with E-state index >= 15 is 0 Å². The van der Waals surface area contributed by atoms with Crippen LogP contribution in [-0.2, 0) is 16.1 Å². The number of amides is 2. The van der Waals surface area contributed by atoms with Gasteiger partial charge in [0.1, 0.15) is 5.82 Å². The summed E-state index contributed by atoms with van der Waals surface area (Å²) >= 11 is 0. The van der Waals surface area contributed by atoms with Gasteiger partial charge in [0.25, 0.3) is 0 Å². The van der Waals surface area contributed by atoms with Gasteiger partial charge in [0.2, 0.25) is 11.8 Å². The lowest BCUT2D eigenvalue weighted by atomic mass is 10.0. The lowest BCUT2D eigenvalue weighted by Gasteiger charge is -2.25. The molecule has 0 aliphatic rings. The molecule has 0 spiro atoms. The van der Waals surface area contributed by atoms with Crippen molar-refractivity contribution in [3.8, 4) is 0 Å². The van der Waals surface area contributed by atoms with Gasteiger partial charge in [-0.15, -0.1) is 12.4 Å². The molecule has 0 heterocycles. The topological polar surface area (TPSA) is 75.4 Å². The quantitative estimate of drug-likeness (QED) is 0.789. The summed E-state index contributed by atoms with van der Waals surface area (Å²) < 4.78 is 12.8. The zero-order valence-electron chi connectivity index (χ0n) is 13.7. The van der Waals surface area contributed by atoms with Crippen molar-refractivity contribution in [2.45, 2.75) is 33.4 Å². The van der Waals surface area contributed by atoms with Gasteiger partial charge in [0, 0.05) is 13.1 Å². The molecular formula is C16H25ClFN3O2. The van der Waals surface area contributed by atoms with E-state index in [2.05, 4.69) is 5.32 Å². The van der Waals surface area contributed by atoms with Crippen molar-refractivity contribution in [3.63, 3.8) is 0 Å². The summed E-state index contributed by atoms with van der Waals surface area (Å²) in [6.07, 6.45) is 0. The number of carbonyl (C=O) groups excluding carboxylic acids is 2. The van der Waals surface area contributed by atoms with Crippen LogP contribution >= 0.6 is 12.4 Å². The highest BCUT2D eigenvalue weighted by molar-refractivity contribution is 5.87. The van der Waals surface area contributed by atoms with Crippen molar-refractivity contribution in [2.24, 2.45) is 11.7 Å². The molecule has 0 saturated carbocycles. The molecule has 0 aromatic heterocycles. The molecule has 1 aromatic carbocycles. The van der Waals surface area contributed by atoms with E-state index in [1.165, 1.54) is 17.0 Å². The molecule has 0 aliphatic heterocycles. The van der Waals surface area contributed by atoms with Gasteiger partial charge in [-0.1, -0.05) is 26.0 Å². The fourth-order valence-corrected chi connectivity index (χ4v) is 1.87. The summed E-state index contributed by atoms with van der Waals surface area (Å²) in [5.41, 5.74) is 6.63. The standard InChI is InChI=1S/C16H24FN3O2.ClH/c1-4-20(16(22)15(18)11(2)3)10-14(21)19-9-12-5-7-13(17)8-6-12;/h5-8,11,15H,4,9-10,18H2,1-3H3,(H,19,21);1H. The monoisotopic (exact) mass is 345 g/mol. The highest BCUT2D eigenvalue weighted by Crippen LogP contribution is 2.04. The minimum atomic E-state index is -0.607. The number of benzene rings is 1. The van der Waals surface area contributed by atoms with Gasteiger partial charge in [-0.25, -0.2) is 4.39 Å². The molecule has 7 heteroatoms. The average Bonchev–Trinajstić information content (AvgIpc) is 2.50. The molecule has 1 rings (SSSR count). The Hall–Kier alpha value is -1.66. The van der Waals surface area contributed by atoms with E-state index in [-0.39, 0.29) is 42.5 Å². The molecule has 1 atom stereocenters. The molecule has 0 fully saturated rings. The molecule has 1 aromatic rings. The second kappa shape index (κ2) is 10.2. The van der Waals surface area contributed by atoms with Crippen molar-refractivity contribution >= 4 is 24.2 Å². The maximum atomic E-state index is 12.8. The predicted molar refractivity (Wildman–Crippen MR) is 90.6 cm³/mol. The smallest absolute Gasteiger partial charge is 0.240 e. The summed E-state index contributed by atoms with van der Waals surface area (Å²) in [6.45, 7) is 6.22. The van der Waals surface area contributed by atoms with E-state index in [0.29, 0.717) is 13.1 Å². The molecule has 1 unspecified atom stereocenters. The number of halogens is 2. The molecule has 5 nitrogen and oxygen atoms in total. The number of rotatable bonds is 7. The van der Waals surface area contributed by atoms with Crippen molar-refractivity contribution < 1.29 is 14.0 Å². The van der Waals surface area contributed by atoms with Crippen LogP contribution in [-0.4, -0.2) is 35.8 Å². The van der Waals surface area contributed by atoms with Crippen LogP contribution < -0.4 is 11.1 Å². The zero-order valence-corrected chi connectivity index (χ0v) is 14.5. The Labute approximate surface area is 142 Å². The van der Waals surface area contributed by atoms with Gasteiger partial charge < -0.3 is 16.0 Å². The fraction of sp³-hybridized carbons (Fsp3) is 0.500. The lowest BCUT2D eigenvalue weighted by molar-refractivity contribution is -0.137. The Kier molecular flexibility index (Phi) is 9.44. The van der Waals surface area contributed by atoms with Crippen LogP contribution in [0.3, 0.4) is 0 Å². The van der Waals surface area contributed by atoms with E-state index in [0.717, 1.165) is 5.56 Å². The van der Waals surface area contributed by atoms with Crippen LogP contribution in [0.25, 0.3) is 0 Å². The molecule has 2 amide bonds. The van der Waals surface area contributed by atoms with Crippen LogP contribution in [0.2, 0.25) is 0 Å². The number of nitrogens with two attached hydrogens (primary N) is 1. The van der Waals surface area contributed by atoms with Crippen molar-refractivity contribution in [1.29, 1.82) is 0 Å². The Morgan fingerprint density at radius 2 is 1.83 bits per heavy atom. The van der Waals surface area contributed by atoms with E-state index in [9.17, 15) is 14.0 Å². The molecular weight excluding hydrogens is 321 g/mol. The Morgan fingerprint density at radius 1 is 1.26 bits per heavy atom. The number of hydrogen-bond acceptors (Lipinski definition) is 3. The predicted octanol–water partition coefficient (Wildman–Crippen LogP) is 1.70. The molecule has 0 saturated heterocycles. The molecule has 3 N–H and O–H groups in total. The summed E-state index contributed by atoms with van der Waals surface area (Å²) in [5.74, 6) is -0.797. The number of nitrogens with one attached hydrogen (secondary N) is 1. The summed E-state index contributed by atoms with van der Waals surface area (Å²) in [6, 6.07) is 5.28. The SMILES string of the molecule is CCN(CC(=O)NCc1ccc(F)cc1)C(=O)C(N)C(C)C.Cl. The minimum absolute atomic E-state index is 0. The lowest BCUT2D eigenvalue weighted by Crippen LogP contribution is -2.49. The van der Waals surface area contributed by atoms with Crippen molar-refractivity contribution in [1.82, 2.24) is 10.2 Å². The third-order valence-electron chi connectivity index (χ3n) is 3.43. The maximum absolute atomic E-state index is 12.8. The molecule has 0 radical (unpaired) electrons. The zero-order chi connectivity index (χ0) is 16.7. The van der Waals surface area contributed by atoms with Crippen molar-refractivity contribution in [3.05, 3.63) is 35.6 Å². The summed E-state index contributed by atoms with van der Waals surface area (Å²) in [5, 5.41) is 2.71. The maximum Gasteiger partial charge on any atom is 0.240 e. The van der Waals surface area contributed by atoms with E-state index in [1.54, 1.807) is 19.1 Å². The first-order chi connectivity index (χ1) is 10.3. The van der Waals surface area contributed by atoms with Gasteiger partial charge in [-0.05, 0) is 30.5 Å². The highest BCUT2D eigenvalue weighted by Gasteiger charge is 2.23. The second-order valence-electron chi connectivity index (χ2n) is 5.53. The largest absolute Gasteiger partial charge is 0.350 e. The first-order valence-electron chi connectivity index (χ1n) is 7.40. The first kappa shape index (κ1) is 21.3. The van der Waals surface area contributed by atoms with Crippen LogP contribution in [0.1, 0.15) is 26.3 Å². The van der Waals surface area contributed by atoms with Crippen LogP contribution in [0.15, 0.2) is 24.3 Å². The molecule has 0 aliphatic carbocycles. The molecule has 130 valence electrons. The van der Waals surface area contributed by atoms with Gasteiger partial charge in [-0.2, -0.15) is 0 Å². The van der Waals surface area contributed by atoms with Crippen LogP contribution in [0.5, 0.6) is 0 Å². The number of hydrogen-bond donors (Lipinski definition) is 2. The Bertz CT molecular complexity index is 509. The van der Waals surface area contributed by atoms with E-state index in [4.69, 9.17) is 5.73 Å². The Balaban J connectivity index is 0.00000484. The van der Waals surface area contributed by atoms with Crippen LogP contribution in [0, 0.1) is 11.7 Å². The molecule has 23 heavy (non-hydrogen) atoms. The number of nitrogens with zero attached hydrogens (tertiary/aromatic N) is 1. The third-order valence-corrected chi connectivity index (χ3v) is 3.43. The second-order valence-corrected chi connectivity index (χ2v) is 5.53. The van der Waals surface area contributed by atoms with E-state index < -0.39 is 6.04 Å². The fourth-order valence-electron chi connectivity index (χ4n) is 1.87. The van der Waals surface area contributed by atoms with Gasteiger partial charge in [-0.3, -0.25) is 9.59 Å². The van der Waals surface area contributed by atoms with Gasteiger partial charge in [0.15, 0.2) is 0 Å². The summed E-state index contributed by atoms with van der Waals surface area (Å²) in [4.78, 5) is 25.5. The third kappa shape index (κ3) is 6.97. The van der Waals surface area contributed by atoms with Gasteiger partial charge >= 0.3 is 0 Å². The number of likely N-dealkylation sites (N-methyl/N-ethyl adjacent to an activating group) is 1. The number of carbonyl (C=O) groups is 2. The van der Waals surface area contributed by atoms with Crippen LogP contribution in [0.4, 0.5) is 4.39 Å². The van der Waals surface area contributed by atoms with Gasteiger partial charge in [0.05, 0.1) is 12.6 Å². The summed E-state index contributed by atoms with van der Waals surface area (Å²) in [7, 11) is 0. The molecule has 0 bridgehead atoms. The van der Waals surface area contributed by atoms with E-state index in [1.807, 2.05) is 13.8 Å². The highest BCUT2D eigenvalue weighted by atomic mass is 35.5. The average molecular weight is 346 g/mol. The van der Waals surface area contributed by atoms with Crippen molar-refractivity contribution in [2.75, 3.05) is 13.1 Å². The normalized spacial score (nSPS) is 11.6. The Morgan fingerprint density at radius 3 is 2.30 bits per heavy atom. The first-order valence-corrected chi connectivity index (χ1v) is 7.40.